The molecular weight excluding hydrogens is 285 g/mol. The molecule has 1 fully saturated rings. The van der Waals surface area contributed by atoms with Crippen LogP contribution in [0.25, 0.3) is 0 Å². The van der Waals surface area contributed by atoms with Crippen molar-refractivity contribution in [2.45, 2.75) is 44.7 Å². The third kappa shape index (κ3) is 4.27. The largest absolute Gasteiger partial charge is 0.369 e. The lowest BCUT2D eigenvalue weighted by molar-refractivity contribution is -0.124. The summed E-state index contributed by atoms with van der Waals surface area (Å²) in [6.07, 6.45) is 3.58. The lowest BCUT2D eigenvalue weighted by Gasteiger charge is -2.32. The monoisotopic (exact) mass is 307 g/mol. The van der Waals surface area contributed by atoms with Gasteiger partial charge in [-0.3, -0.25) is 9.59 Å². The zero-order valence-corrected chi connectivity index (χ0v) is 12.6. The van der Waals surface area contributed by atoms with Crippen molar-refractivity contribution in [3.63, 3.8) is 0 Å². The number of hydrogen-bond acceptors (Lipinski definition) is 3. The van der Waals surface area contributed by atoms with Gasteiger partial charge in [0.1, 0.15) is 5.82 Å². The van der Waals surface area contributed by atoms with Gasteiger partial charge in [0, 0.05) is 11.7 Å². The van der Waals surface area contributed by atoms with E-state index < -0.39 is 11.9 Å². The minimum absolute atomic E-state index is 0.0838. The highest BCUT2D eigenvalue weighted by Gasteiger charge is 2.31. The molecule has 0 bridgehead atoms. The van der Waals surface area contributed by atoms with Crippen LogP contribution >= 0.6 is 0 Å². The van der Waals surface area contributed by atoms with E-state index in [-0.39, 0.29) is 23.8 Å². The van der Waals surface area contributed by atoms with E-state index in [0.29, 0.717) is 5.69 Å². The molecule has 5 nitrogen and oxygen atoms in total. The number of nitrogens with one attached hydrogen (secondary N) is 2. The fraction of sp³-hybridized carbons (Fsp3) is 0.500. The average Bonchev–Trinajstić information content (AvgIpc) is 2.47. The number of amides is 2. The average molecular weight is 307 g/mol. The van der Waals surface area contributed by atoms with Crippen LogP contribution < -0.4 is 16.4 Å². The van der Waals surface area contributed by atoms with Crippen molar-refractivity contribution < 1.29 is 14.0 Å². The summed E-state index contributed by atoms with van der Waals surface area (Å²) in [6.45, 7) is 1.72. The van der Waals surface area contributed by atoms with Crippen molar-refractivity contribution in [1.29, 1.82) is 0 Å². The Morgan fingerprint density at radius 3 is 2.73 bits per heavy atom. The van der Waals surface area contributed by atoms with Crippen LogP contribution in [0.4, 0.5) is 10.1 Å². The molecular formula is C16H22FN3O2. The van der Waals surface area contributed by atoms with Gasteiger partial charge in [-0.2, -0.15) is 0 Å². The zero-order chi connectivity index (χ0) is 16.1. The van der Waals surface area contributed by atoms with E-state index in [9.17, 15) is 14.0 Å². The predicted molar refractivity (Wildman–Crippen MR) is 82.6 cm³/mol. The van der Waals surface area contributed by atoms with Gasteiger partial charge in [0.05, 0.1) is 12.0 Å². The van der Waals surface area contributed by atoms with Crippen molar-refractivity contribution in [2.24, 2.45) is 11.7 Å². The first-order valence-electron chi connectivity index (χ1n) is 7.59. The topological polar surface area (TPSA) is 84.2 Å². The summed E-state index contributed by atoms with van der Waals surface area (Å²) < 4.78 is 13.1. The first-order valence-corrected chi connectivity index (χ1v) is 7.59. The summed E-state index contributed by atoms with van der Waals surface area (Å²) in [4.78, 5) is 23.6. The van der Waals surface area contributed by atoms with E-state index in [2.05, 4.69) is 10.6 Å². The van der Waals surface area contributed by atoms with Gasteiger partial charge >= 0.3 is 0 Å². The molecule has 1 aromatic carbocycles. The van der Waals surface area contributed by atoms with Gasteiger partial charge in [-0.25, -0.2) is 4.39 Å². The number of carbonyl (C=O) groups is 2. The Kier molecular flexibility index (Phi) is 5.49. The minimum Gasteiger partial charge on any atom is -0.369 e. The predicted octanol–water partition coefficient (Wildman–Crippen LogP) is 1.79. The molecule has 0 saturated heterocycles. The SMILES string of the molecule is C[C@H](N[C@@H]1CCCC[C@H]1C(N)=O)C(=O)Nc1cccc(F)c1. The van der Waals surface area contributed by atoms with Crippen LogP contribution in [0.5, 0.6) is 0 Å². The number of halogens is 1. The van der Waals surface area contributed by atoms with Gasteiger partial charge in [0.2, 0.25) is 11.8 Å². The van der Waals surface area contributed by atoms with Crippen LogP contribution in [0.2, 0.25) is 0 Å². The molecule has 1 saturated carbocycles. The Balaban J connectivity index is 1.94. The summed E-state index contributed by atoms with van der Waals surface area (Å²) in [5.41, 5.74) is 5.84. The molecule has 0 aliphatic heterocycles. The number of benzene rings is 1. The van der Waals surface area contributed by atoms with Crippen molar-refractivity contribution in [1.82, 2.24) is 5.32 Å². The Bertz CT molecular complexity index is 550. The molecule has 120 valence electrons. The van der Waals surface area contributed by atoms with E-state index in [1.54, 1.807) is 13.0 Å². The third-order valence-corrected chi connectivity index (χ3v) is 4.08. The minimum atomic E-state index is -0.492. The lowest BCUT2D eigenvalue weighted by Crippen LogP contribution is -2.51. The van der Waals surface area contributed by atoms with Crippen LogP contribution in [0.3, 0.4) is 0 Å². The first kappa shape index (κ1) is 16.4. The molecule has 3 atom stereocenters. The van der Waals surface area contributed by atoms with E-state index in [0.717, 1.165) is 25.7 Å². The van der Waals surface area contributed by atoms with Crippen LogP contribution in [0.1, 0.15) is 32.6 Å². The summed E-state index contributed by atoms with van der Waals surface area (Å²) in [7, 11) is 0. The molecule has 1 aliphatic rings. The first-order chi connectivity index (χ1) is 10.5. The molecule has 1 aliphatic carbocycles. The van der Waals surface area contributed by atoms with Gasteiger partial charge in [0.15, 0.2) is 0 Å². The van der Waals surface area contributed by atoms with Crippen LogP contribution in [-0.2, 0) is 9.59 Å². The molecule has 22 heavy (non-hydrogen) atoms. The number of nitrogens with two attached hydrogens (primary N) is 1. The maximum atomic E-state index is 13.1. The molecule has 0 radical (unpaired) electrons. The Hall–Kier alpha value is -1.95. The number of carbonyl (C=O) groups excluding carboxylic acids is 2. The molecule has 2 amide bonds. The van der Waals surface area contributed by atoms with Crippen molar-refractivity contribution in [3.05, 3.63) is 30.1 Å². The molecule has 2 rings (SSSR count). The molecule has 0 unspecified atom stereocenters. The molecule has 6 heteroatoms. The smallest absolute Gasteiger partial charge is 0.241 e. The van der Waals surface area contributed by atoms with Gasteiger partial charge in [-0.05, 0) is 38.0 Å². The molecule has 1 aromatic rings. The van der Waals surface area contributed by atoms with Crippen LogP contribution in [0, 0.1) is 11.7 Å². The number of rotatable bonds is 5. The fourth-order valence-corrected chi connectivity index (χ4v) is 2.88. The highest BCUT2D eigenvalue weighted by molar-refractivity contribution is 5.94. The number of primary amides is 1. The van der Waals surface area contributed by atoms with Gasteiger partial charge in [0.25, 0.3) is 0 Å². The van der Waals surface area contributed by atoms with Gasteiger partial charge in [-0.1, -0.05) is 18.9 Å². The van der Waals surface area contributed by atoms with E-state index in [4.69, 9.17) is 5.73 Å². The van der Waals surface area contributed by atoms with E-state index in [1.807, 2.05) is 0 Å². The highest BCUT2D eigenvalue weighted by atomic mass is 19.1. The lowest BCUT2D eigenvalue weighted by atomic mass is 9.83. The van der Waals surface area contributed by atoms with Crippen molar-refractivity contribution in [2.75, 3.05) is 5.32 Å². The number of anilines is 1. The molecule has 0 heterocycles. The van der Waals surface area contributed by atoms with Crippen molar-refractivity contribution >= 4 is 17.5 Å². The van der Waals surface area contributed by atoms with Gasteiger partial charge < -0.3 is 16.4 Å². The second-order valence-electron chi connectivity index (χ2n) is 5.79. The summed E-state index contributed by atoms with van der Waals surface area (Å²) >= 11 is 0. The Morgan fingerprint density at radius 1 is 1.32 bits per heavy atom. The number of hydrogen-bond donors (Lipinski definition) is 3. The zero-order valence-electron chi connectivity index (χ0n) is 12.6. The quantitative estimate of drug-likeness (QED) is 0.775. The Labute approximate surface area is 129 Å². The fourth-order valence-electron chi connectivity index (χ4n) is 2.88. The van der Waals surface area contributed by atoms with E-state index in [1.165, 1.54) is 18.2 Å². The van der Waals surface area contributed by atoms with Crippen molar-refractivity contribution in [3.8, 4) is 0 Å². The standard InChI is InChI=1S/C16H22FN3O2/c1-10(16(22)20-12-6-4-5-11(17)9-12)19-14-8-3-2-7-13(14)15(18)21/h4-6,9-10,13-14,19H,2-3,7-8H2,1H3,(H2,18,21)(H,20,22)/t10-,13+,14+/m0/s1. The van der Waals surface area contributed by atoms with E-state index >= 15 is 0 Å². The third-order valence-electron chi connectivity index (χ3n) is 4.08. The maximum absolute atomic E-state index is 13.1. The second-order valence-corrected chi connectivity index (χ2v) is 5.79. The second kappa shape index (κ2) is 7.35. The highest BCUT2D eigenvalue weighted by Crippen LogP contribution is 2.24. The molecule has 0 aromatic heterocycles. The maximum Gasteiger partial charge on any atom is 0.241 e. The molecule has 4 N–H and O–H groups in total. The molecule has 0 spiro atoms. The summed E-state index contributed by atoms with van der Waals surface area (Å²) in [5.74, 6) is -1.23. The van der Waals surface area contributed by atoms with Crippen LogP contribution in [-0.4, -0.2) is 23.9 Å². The normalized spacial score (nSPS) is 22.8. The summed E-state index contributed by atoms with van der Waals surface area (Å²) in [5, 5.41) is 5.84. The van der Waals surface area contributed by atoms with Crippen LogP contribution in [0.15, 0.2) is 24.3 Å². The Morgan fingerprint density at radius 2 is 2.05 bits per heavy atom. The van der Waals surface area contributed by atoms with Gasteiger partial charge in [-0.15, -0.1) is 0 Å². The summed E-state index contributed by atoms with van der Waals surface area (Å²) in [6, 6.07) is 5.16.